The number of nitrogens with one attached hydrogen (secondary N) is 3. The van der Waals surface area contributed by atoms with E-state index in [1.165, 1.54) is 6.20 Å². The van der Waals surface area contributed by atoms with Gasteiger partial charge in [0, 0.05) is 24.9 Å². The quantitative estimate of drug-likeness (QED) is 0.793. The Hall–Kier alpha value is -2.05. The number of aromatic nitrogens is 2. The van der Waals surface area contributed by atoms with E-state index in [1.54, 1.807) is 25.4 Å². The molecular weight excluding hydrogens is 280 g/mol. The van der Waals surface area contributed by atoms with Crippen molar-refractivity contribution in [1.29, 1.82) is 0 Å². The topological polar surface area (TPSA) is 79.0 Å². The predicted octanol–water partition coefficient (Wildman–Crippen LogP) is 2.57. The molecule has 1 heterocycles. The summed E-state index contributed by atoms with van der Waals surface area (Å²) in [4.78, 5) is 11.7. The number of hydrogen-bond acceptors (Lipinski definition) is 3. The van der Waals surface area contributed by atoms with Gasteiger partial charge < -0.3 is 15.4 Å². The number of rotatable bonds is 5. The van der Waals surface area contributed by atoms with Gasteiger partial charge in [0.2, 0.25) is 0 Å². The number of hydrogen-bond donors (Lipinski definition) is 3. The van der Waals surface area contributed by atoms with E-state index in [9.17, 15) is 4.79 Å². The van der Waals surface area contributed by atoms with Gasteiger partial charge in [-0.1, -0.05) is 23.7 Å². The zero-order chi connectivity index (χ0) is 14.4. The lowest BCUT2D eigenvalue weighted by atomic mass is 10.1. The minimum atomic E-state index is -0.317. The minimum Gasteiger partial charge on any atom is -0.375 e. The maximum absolute atomic E-state index is 11.7. The number of H-pyrrole nitrogens is 1. The lowest BCUT2D eigenvalue weighted by Gasteiger charge is -2.16. The number of halogens is 1. The number of urea groups is 1. The summed E-state index contributed by atoms with van der Waals surface area (Å²) in [6, 6.07) is 6.99. The molecule has 0 spiro atoms. The predicted molar refractivity (Wildman–Crippen MR) is 76.8 cm³/mol. The first kappa shape index (κ1) is 14.4. The van der Waals surface area contributed by atoms with Crippen LogP contribution < -0.4 is 10.6 Å². The van der Waals surface area contributed by atoms with Crippen LogP contribution in [0.1, 0.15) is 11.7 Å². The Morgan fingerprint density at radius 3 is 2.80 bits per heavy atom. The van der Waals surface area contributed by atoms with E-state index in [4.69, 9.17) is 16.3 Å². The molecule has 1 atom stereocenters. The second-order valence-electron chi connectivity index (χ2n) is 4.10. The van der Waals surface area contributed by atoms with Gasteiger partial charge in [0.05, 0.1) is 18.0 Å². The van der Waals surface area contributed by atoms with E-state index in [1.807, 2.05) is 12.1 Å². The first-order valence-corrected chi connectivity index (χ1v) is 6.38. The number of aromatic amines is 1. The summed E-state index contributed by atoms with van der Waals surface area (Å²) in [5.74, 6) is 0. The third kappa shape index (κ3) is 3.97. The zero-order valence-corrected chi connectivity index (χ0v) is 11.6. The van der Waals surface area contributed by atoms with Crippen molar-refractivity contribution < 1.29 is 9.53 Å². The average molecular weight is 295 g/mol. The largest absolute Gasteiger partial charge is 0.375 e. The molecule has 0 aliphatic rings. The molecule has 0 unspecified atom stereocenters. The molecule has 0 saturated heterocycles. The van der Waals surface area contributed by atoms with E-state index in [0.29, 0.717) is 17.3 Å². The Labute approximate surface area is 121 Å². The number of carbonyl (C=O) groups is 1. The molecule has 2 aromatic rings. The molecule has 0 aliphatic heterocycles. The molecule has 7 heteroatoms. The van der Waals surface area contributed by atoms with Gasteiger partial charge in [-0.3, -0.25) is 5.10 Å². The van der Waals surface area contributed by atoms with Gasteiger partial charge in [-0.25, -0.2) is 4.79 Å². The number of nitrogens with zero attached hydrogens (tertiary/aromatic N) is 1. The van der Waals surface area contributed by atoms with E-state index in [-0.39, 0.29) is 12.1 Å². The minimum absolute atomic E-state index is 0.234. The Kier molecular flexibility index (Phi) is 4.97. The molecular formula is C13H15ClN4O2. The van der Waals surface area contributed by atoms with Crippen LogP contribution >= 0.6 is 11.6 Å². The standard InChI is InChI=1S/C13H15ClN4O2/c1-20-12(9-2-4-10(14)5-3-9)8-15-13(19)18-11-6-16-17-7-11/h2-7,12H,8H2,1H3,(H,16,17)(H2,15,18,19)/t12-/m0/s1. The maximum Gasteiger partial charge on any atom is 0.319 e. The smallest absolute Gasteiger partial charge is 0.319 e. The SMILES string of the molecule is CO[C@@H](CNC(=O)Nc1cn[nH]c1)c1ccc(Cl)cc1. The highest BCUT2D eigenvalue weighted by atomic mass is 35.5. The zero-order valence-electron chi connectivity index (χ0n) is 10.9. The van der Waals surface area contributed by atoms with Crippen molar-refractivity contribution in [2.75, 3.05) is 19.0 Å². The monoisotopic (exact) mass is 294 g/mol. The van der Waals surface area contributed by atoms with Gasteiger partial charge in [-0.15, -0.1) is 0 Å². The highest BCUT2D eigenvalue weighted by molar-refractivity contribution is 6.30. The van der Waals surface area contributed by atoms with Crippen molar-refractivity contribution in [2.45, 2.75) is 6.10 Å². The van der Waals surface area contributed by atoms with Gasteiger partial charge in [-0.2, -0.15) is 5.10 Å². The summed E-state index contributed by atoms with van der Waals surface area (Å²) in [6.45, 7) is 0.349. The third-order valence-electron chi connectivity index (χ3n) is 2.73. The molecule has 0 aliphatic carbocycles. The fraction of sp³-hybridized carbons (Fsp3) is 0.231. The molecule has 20 heavy (non-hydrogen) atoms. The highest BCUT2D eigenvalue weighted by Crippen LogP contribution is 2.18. The molecule has 106 valence electrons. The average Bonchev–Trinajstić information content (AvgIpc) is 2.94. The van der Waals surface area contributed by atoms with Crippen LogP contribution in [0.15, 0.2) is 36.7 Å². The van der Waals surface area contributed by atoms with Crippen molar-refractivity contribution >= 4 is 23.3 Å². The first-order valence-electron chi connectivity index (χ1n) is 6.01. The summed E-state index contributed by atoms with van der Waals surface area (Å²) < 4.78 is 5.36. The Bertz CT molecular complexity index is 542. The van der Waals surface area contributed by atoms with Crippen LogP contribution in [0.4, 0.5) is 10.5 Å². The summed E-state index contributed by atoms with van der Waals surface area (Å²) in [6.07, 6.45) is 2.88. The van der Waals surface area contributed by atoms with Crippen LogP contribution in [0.25, 0.3) is 0 Å². The summed E-state index contributed by atoms with van der Waals surface area (Å²) in [7, 11) is 1.59. The van der Waals surface area contributed by atoms with Gasteiger partial charge in [0.25, 0.3) is 0 Å². The van der Waals surface area contributed by atoms with Crippen molar-refractivity contribution in [1.82, 2.24) is 15.5 Å². The fourth-order valence-electron chi connectivity index (χ4n) is 1.69. The number of ether oxygens (including phenoxy) is 1. The normalized spacial score (nSPS) is 11.9. The molecule has 2 rings (SSSR count). The molecule has 0 bridgehead atoms. The van der Waals surface area contributed by atoms with Crippen LogP contribution in [0, 0.1) is 0 Å². The highest BCUT2D eigenvalue weighted by Gasteiger charge is 2.12. The lowest BCUT2D eigenvalue weighted by molar-refractivity contribution is 0.104. The van der Waals surface area contributed by atoms with Crippen molar-refractivity contribution in [2.24, 2.45) is 0 Å². The number of benzene rings is 1. The number of carbonyl (C=O) groups excluding carboxylic acids is 1. The van der Waals surface area contributed by atoms with Gasteiger partial charge in [0.1, 0.15) is 0 Å². The summed E-state index contributed by atoms with van der Waals surface area (Å²) >= 11 is 5.84. The van der Waals surface area contributed by atoms with E-state index in [0.717, 1.165) is 5.56 Å². The van der Waals surface area contributed by atoms with Gasteiger partial charge in [-0.05, 0) is 17.7 Å². The van der Waals surface area contributed by atoms with Gasteiger partial charge in [0.15, 0.2) is 0 Å². The second kappa shape index (κ2) is 6.93. The number of methoxy groups -OCH3 is 1. The summed E-state index contributed by atoms with van der Waals surface area (Å²) in [5.41, 5.74) is 1.54. The van der Waals surface area contributed by atoms with Crippen molar-refractivity contribution in [3.63, 3.8) is 0 Å². The molecule has 0 fully saturated rings. The van der Waals surface area contributed by atoms with Crippen molar-refractivity contribution in [3.8, 4) is 0 Å². The number of anilines is 1. The number of amides is 2. The van der Waals surface area contributed by atoms with E-state index >= 15 is 0 Å². The van der Waals surface area contributed by atoms with Gasteiger partial charge >= 0.3 is 6.03 Å². The molecule has 6 nitrogen and oxygen atoms in total. The van der Waals surface area contributed by atoms with E-state index in [2.05, 4.69) is 20.8 Å². The molecule has 1 aromatic heterocycles. The second-order valence-corrected chi connectivity index (χ2v) is 4.53. The molecule has 1 aromatic carbocycles. The molecule has 0 radical (unpaired) electrons. The van der Waals surface area contributed by atoms with Crippen LogP contribution in [0.5, 0.6) is 0 Å². The molecule has 0 saturated carbocycles. The Morgan fingerprint density at radius 2 is 2.20 bits per heavy atom. The lowest BCUT2D eigenvalue weighted by Crippen LogP contribution is -2.32. The Morgan fingerprint density at radius 1 is 1.45 bits per heavy atom. The van der Waals surface area contributed by atoms with E-state index < -0.39 is 0 Å². The Balaban J connectivity index is 1.87. The maximum atomic E-state index is 11.7. The van der Waals surface area contributed by atoms with Crippen LogP contribution in [0.2, 0.25) is 5.02 Å². The molecule has 2 amide bonds. The van der Waals surface area contributed by atoms with Crippen LogP contribution in [0.3, 0.4) is 0 Å². The first-order chi connectivity index (χ1) is 9.69. The fourth-order valence-corrected chi connectivity index (χ4v) is 1.82. The summed E-state index contributed by atoms with van der Waals surface area (Å²) in [5, 5.41) is 12.4. The third-order valence-corrected chi connectivity index (χ3v) is 2.98. The molecule has 3 N–H and O–H groups in total. The van der Waals surface area contributed by atoms with Crippen molar-refractivity contribution in [3.05, 3.63) is 47.2 Å². The van der Waals surface area contributed by atoms with Crippen LogP contribution in [-0.4, -0.2) is 29.9 Å². The van der Waals surface area contributed by atoms with Crippen LogP contribution in [-0.2, 0) is 4.74 Å².